The van der Waals surface area contributed by atoms with Crippen LogP contribution >= 0.6 is 0 Å². The second-order valence-electron chi connectivity index (χ2n) is 5.28. The van der Waals surface area contributed by atoms with Gasteiger partial charge in [0.15, 0.2) is 0 Å². The molecule has 0 unspecified atom stereocenters. The van der Waals surface area contributed by atoms with Crippen LogP contribution in [0, 0.1) is 6.92 Å². The lowest BCUT2D eigenvalue weighted by molar-refractivity contribution is 0.609. The standard InChI is InChI=1S/C16H26N2/c1-3-17-10-4-5-11-18-12-6-7-15-13-14(2)8-9-16(15)18/h8-9,13,17H,3-7,10-12H2,1-2H3. The highest BCUT2D eigenvalue weighted by Gasteiger charge is 2.15. The van der Waals surface area contributed by atoms with Crippen molar-refractivity contribution in [2.24, 2.45) is 0 Å². The topological polar surface area (TPSA) is 15.3 Å². The monoisotopic (exact) mass is 246 g/mol. The minimum absolute atomic E-state index is 1.09. The predicted octanol–water partition coefficient (Wildman–Crippen LogP) is 3.14. The van der Waals surface area contributed by atoms with Crippen molar-refractivity contribution in [3.8, 4) is 0 Å². The Bertz CT molecular complexity index is 373. The number of fused-ring (bicyclic) bond motifs is 1. The molecule has 0 bridgehead atoms. The third kappa shape index (κ3) is 3.49. The van der Waals surface area contributed by atoms with E-state index in [0.29, 0.717) is 0 Å². The lowest BCUT2D eigenvalue weighted by Gasteiger charge is -2.31. The molecule has 1 N–H and O–H groups in total. The van der Waals surface area contributed by atoms with Gasteiger partial charge < -0.3 is 10.2 Å². The average Bonchev–Trinajstić information content (AvgIpc) is 2.38. The molecule has 1 aliphatic heterocycles. The SMILES string of the molecule is CCNCCCCN1CCCc2cc(C)ccc21. The van der Waals surface area contributed by atoms with E-state index in [1.165, 1.54) is 50.0 Å². The van der Waals surface area contributed by atoms with E-state index in [4.69, 9.17) is 0 Å². The highest BCUT2D eigenvalue weighted by Crippen LogP contribution is 2.27. The van der Waals surface area contributed by atoms with E-state index in [0.717, 1.165) is 13.1 Å². The van der Waals surface area contributed by atoms with Crippen molar-refractivity contribution in [2.45, 2.75) is 39.5 Å². The fourth-order valence-electron chi connectivity index (χ4n) is 2.77. The van der Waals surface area contributed by atoms with Crippen molar-refractivity contribution >= 4 is 5.69 Å². The van der Waals surface area contributed by atoms with Gasteiger partial charge in [-0.3, -0.25) is 0 Å². The molecular weight excluding hydrogens is 220 g/mol. The molecule has 100 valence electrons. The zero-order valence-corrected chi connectivity index (χ0v) is 11.8. The molecule has 0 amide bonds. The first-order valence-electron chi connectivity index (χ1n) is 7.36. The number of nitrogens with one attached hydrogen (secondary N) is 1. The molecule has 0 saturated carbocycles. The zero-order valence-electron chi connectivity index (χ0n) is 11.8. The molecule has 1 heterocycles. The summed E-state index contributed by atoms with van der Waals surface area (Å²) in [5.41, 5.74) is 4.42. The molecule has 0 fully saturated rings. The fraction of sp³-hybridized carbons (Fsp3) is 0.625. The maximum atomic E-state index is 3.39. The van der Waals surface area contributed by atoms with Crippen LogP contribution in [0.15, 0.2) is 18.2 Å². The van der Waals surface area contributed by atoms with E-state index in [1.807, 2.05) is 0 Å². The summed E-state index contributed by atoms with van der Waals surface area (Å²) >= 11 is 0. The Labute approximate surface area is 111 Å². The van der Waals surface area contributed by atoms with Crippen molar-refractivity contribution in [1.82, 2.24) is 5.32 Å². The third-order valence-corrected chi connectivity index (χ3v) is 3.73. The summed E-state index contributed by atoms with van der Waals surface area (Å²) in [6.45, 7) is 9.05. The summed E-state index contributed by atoms with van der Waals surface area (Å²) < 4.78 is 0. The van der Waals surface area contributed by atoms with Crippen LogP contribution in [0.1, 0.15) is 37.3 Å². The van der Waals surface area contributed by atoms with E-state index in [9.17, 15) is 0 Å². The lowest BCUT2D eigenvalue weighted by Crippen LogP contribution is -2.30. The van der Waals surface area contributed by atoms with Crippen molar-refractivity contribution in [1.29, 1.82) is 0 Å². The number of hydrogen-bond acceptors (Lipinski definition) is 2. The molecule has 0 aliphatic carbocycles. The van der Waals surface area contributed by atoms with Gasteiger partial charge in [0, 0.05) is 18.8 Å². The van der Waals surface area contributed by atoms with Crippen molar-refractivity contribution in [3.05, 3.63) is 29.3 Å². The van der Waals surface area contributed by atoms with E-state index >= 15 is 0 Å². The normalized spacial score (nSPS) is 14.7. The van der Waals surface area contributed by atoms with Crippen molar-refractivity contribution < 1.29 is 0 Å². The first kappa shape index (κ1) is 13.4. The van der Waals surface area contributed by atoms with Crippen LogP contribution in [0.5, 0.6) is 0 Å². The van der Waals surface area contributed by atoms with Crippen LogP contribution in [-0.2, 0) is 6.42 Å². The molecule has 0 aromatic heterocycles. The van der Waals surface area contributed by atoms with Gasteiger partial charge in [-0.25, -0.2) is 0 Å². The molecule has 2 nitrogen and oxygen atoms in total. The molecule has 0 spiro atoms. The smallest absolute Gasteiger partial charge is 0.0398 e. The number of rotatable bonds is 6. The summed E-state index contributed by atoms with van der Waals surface area (Å²) in [6.07, 6.45) is 5.14. The Balaban J connectivity index is 1.88. The van der Waals surface area contributed by atoms with Gasteiger partial charge in [-0.15, -0.1) is 0 Å². The molecule has 0 atom stereocenters. The minimum atomic E-state index is 1.09. The van der Waals surface area contributed by atoms with Crippen LogP contribution in [0.3, 0.4) is 0 Å². The highest BCUT2D eigenvalue weighted by molar-refractivity contribution is 5.56. The Hall–Kier alpha value is -1.02. The second kappa shape index (κ2) is 6.79. The number of aryl methyl sites for hydroxylation is 2. The van der Waals surface area contributed by atoms with Gasteiger partial charge in [0.1, 0.15) is 0 Å². The first-order valence-corrected chi connectivity index (χ1v) is 7.36. The first-order chi connectivity index (χ1) is 8.81. The average molecular weight is 246 g/mol. The molecule has 2 rings (SSSR count). The van der Waals surface area contributed by atoms with E-state index in [-0.39, 0.29) is 0 Å². The van der Waals surface area contributed by atoms with E-state index in [2.05, 4.69) is 42.3 Å². The van der Waals surface area contributed by atoms with Gasteiger partial charge in [0.25, 0.3) is 0 Å². The zero-order chi connectivity index (χ0) is 12.8. The number of hydrogen-bond donors (Lipinski definition) is 1. The molecule has 0 radical (unpaired) electrons. The summed E-state index contributed by atoms with van der Waals surface area (Å²) in [6, 6.07) is 6.92. The van der Waals surface area contributed by atoms with Gasteiger partial charge in [0.2, 0.25) is 0 Å². The van der Waals surface area contributed by atoms with Crippen molar-refractivity contribution in [2.75, 3.05) is 31.1 Å². The van der Waals surface area contributed by atoms with Crippen LogP contribution in [0.25, 0.3) is 0 Å². The Morgan fingerprint density at radius 3 is 3.00 bits per heavy atom. The minimum Gasteiger partial charge on any atom is -0.371 e. The third-order valence-electron chi connectivity index (χ3n) is 3.73. The Morgan fingerprint density at radius 1 is 1.28 bits per heavy atom. The van der Waals surface area contributed by atoms with Gasteiger partial charge in [-0.05, 0) is 57.3 Å². The van der Waals surface area contributed by atoms with Crippen molar-refractivity contribution in [3.63, 3.8) is 0 Å². The molecule has 1 aromatic rings. The molecular formula is C16H26N2. The van der Waals surface area contributed by atoms with E-state index in [1.54, 1.807) is 5.56 Å². The number of unbranched alkanes of at least 4 members (excludes halogenated alkanes) is 1. The molecule has 0 saturated heterocycles. The lowest BCUT2D eigenvalue weighted by atomic mass is 9.99. The maximum Gasteiger partial charge on any atom is 0.0398 e. The quantitative estimate of drug-likeness (QED) is 0.776. The van der Waals surface area contributed by atoms with Gasteiger partial charge in [-0.1, -0.05) is 24.6 Å². The highest BCUT2D eigenvalue weighted by atomic mass is 15.1. The summed E-state index contributed by atoms with van der Waals surface area (Å²) in [5.74, 6) is 0. The summed E-state index contributed by atoms with van der Waals surface area (Å²) in [4.78, 5) is 2.57. The largest absolute Gasteiger partial charge is 0.371 e. The van der Waals surface area contributed by atoms with Crippen LogP contribution < -0.4 is 10.2 Å². The molecule has 18 heavy (non-hydrogen) atoms. The van der Waals surface area contributed by atoms with Crippen LogP contribution in [-0.4, -0.2) is 26.2 Å². The van der Waals surface area contributed by atoms with Crippen LogP contribution in [0.2, 0.25) is 0 Å². The van der Waals surface area contributed by atoms with Crippen LogP contribution in [0.4, 0.5) is 5.69 Å². The van der Waals surface area contributed by atoms with E-state index < -0.39 is 0 Å². The van der Waals surface area contributed by atoms with Gasteiger partial charge in [0.05, 0.1) is 0 Å². The summed E-state index contributed by atoms with van der Waals surface area (Å²) in [5, 5.41) is 3.39. The fourth-order valence-corrected chi connectivity index (χ4v) is 2.77. The summed E-state index contributed by atoms with van der Waals surface area (Å²) in [7, 11) is 0. The maximum absolute atomic E-state index is 3.39. The molecule has 2 heteroatoms. The van der Waals surface area contributed by atoms with Gasteiger partial charge >= 0.3 is 0 Å². The Morgan fingerprint density at radius 2 is 2.17 bits per heavy atom. The number of anilines is 1. The number of benzene rings is 1. The van der Waals surface area contributed by atoms with Gasteiger partial charge in [-0.2, -0.15) is 0 Å². The molecule has 1 aliphatic rings. The predicted molar refractivity (Wildman–Crippen MR) is 79.5 cm³/mol. The Kier molecular flexibility index (Phi) is 5.06. The molecule has 1 aromatic carbocycles. The number of nitrogens with zero attached hydrogens (tertiary/aromatic N) is 1. The second-order valence-corrected chi connectivity index (χ2v) is 5.28.